The molecule has 0 saturated carbocycles. The molecule has 1 aliphatic heterocycles. The average Bonchev–Trinajstić information content (AvgIpc) is 2.28. The molecule has 0 radical (unpaired) electrons. The summed E-state index contributed by atoms with van der Waals surface area (Å²) in [7, 11) is -3.17. The van der Waals surface area contributed by atoms with Crippen LogP contribution >= 0.6 is 0 Å². The summed E-state index contributed by atoms with van der Waals surface area (Å²) in [4.78, 5) is 9.46. The summed E-state index contributed by atoms with van der Waals surface area (Å²) in [6, 6.07) is 0. The monoisotopic (exact) mass is 178 g/mol. The minimum absolute atomic E-state index is 0.0384. The molecule has 1 heterocycles. The first-order chi connectivity index (χ1) is 5.16. The lowest BCUT2D eigenvalue weighted by Gasteiger charge is -2.14. The van der Waals surface area contributed by atoms with Crippen LogP contribution in [0.15, 0.2) is 0 Å². The van der Waals surface area contributed by atoms with Gasteiger partial charge >= 0.3 is 9.05 Å². The molecule has 5 heteroatoms. The van der Waals surface area contributed by atoms with Gasteiger partial charge in [0.2, 0.25) is 0 Å². The van der Waals surface area contributed by atoms with E-state index in [1.54, 1.807) is 0 Å². The van der Waals surface area contributed by atoms with Crippen LogP contribution in [0.2, 0.25) is 0 Å². The Hall–Kier alpha value is 0.0569. The van der Waals surface area contributed by atoms with Crippen molar-refractivity contribution >= 4 is 9.05 Å². The highest BCUT2D eigenvalue weighted by Crippen LogP contribution is 2.17. The van der Waals surface area contributed by atoms with Gasteiger partial charge in [-0.3, -0.25) is 0 Å². The molecule has 66 valence electrons. The van der Waals surface area contributed by atoms with Crippen LogP contribution in [0.5, 0.6) is 0 Å². The number of hydrogen-bond acceptors (Lipinski definition) is 4. The van der Waals surface area contributed by atoms with Gasteiger partial charge in [-0.25, -0.2) is 0 Å². The summed E-state index contributed by atoms with van der Waals surface area (Å²) >= 11 is 0. The Labute approximate surface area is 67.6 Å². The van der Waals surface area contributed by atoms with E-state index in [1.165, 1.54) is 0 Å². The van der Waals surface area contributed by atoms with Crippen LogP contribution in [-0.2, 0) is 13.3 Å². The molecule has 0 spiro atoms. The molecule has 4 nitrogen and oxygen atoms in total. The van der Waals surface area contributed by atoms with E-state index in [0.717, 1.165) is 6.42 Å². The standard InChI is InChI=1S/C6H14O4Si/c1-3-4-8-11(7)9-5-6(2)10-11/h6-7H,3-5H2,1-2H3. The van der Waals surface area contributed by atoms with Crippen LogP contribution in [-0.4, -0.2) is 33.2 Å². The molecular weight excluding hydrogens is 164 g/mol. The summed E-state index contributed by atoms with van der Waals surface area (Å²) < 4.78 is 15.2. The predicted molar refractivity (Wildman–Crippen MR) is 40.7 cm³/mol. The molecule has 0 aromatic rings. The molecule has 0 bridgehead atoms. The minimum atomic E-state index is -3.17. The first-order valence-electron chi connectivity index (χ1n) is 3.84. The van der Waals surface area contributed by atoms with Crippen LogP contribution < -0.4 is 0 Å². The fourth-order valence-corrected chi connectivity index (χ4v) is 2.56. The third-order valence-corrected chi connectivity index (χ3v) is 3.14. The van der Waals surface area contributed by atoms with Crippen LogP contribution in [0.3, 0.4) is 0 Å². The van der Waals surface area contributed by atoms with Crippen molar-refractivity contribution in [2.45, 2.75) is 26.4 Å². The summed E-state index contributed by atoms with van der Waals surface area (Å²) in [5.74, 6) is 0. The highest BCUT2D eigenvalue weighted by atomic mass is 28.4. The van der Waals surface area contributed by atoms with Crippen molar-refractivity contribution < 1.29 is 18.1 Å². The van der Waals surface area contributed by atoms with E-state index in [0.29, 0.717) is 13.2 Å². The second-order valence-electron chi connectivity index (χ2n) is 2.61. The van der Waals surface area contributed by atoms with Crippen LogP contribution in [0.1, 0.15) is 20.3 Å². The third-order valence-electron chi connectivity index (χ3n) is 1.34. The summed E-state index contributed by atoms with van der Waals surface area (Å²) in [5, 5.41) is 0. The zero-order valence-electron chi connectivity index (χ0n) is 6.87. The van der Waals surface area contributed by atoms with Crippen molar-refractivity contribution in [3.8, 4) is 0 Å². The molecule has 0 amide bonds. The molecule has 0 aromatic heterocycles. The Morgan fingerprint density at radius 3 is 2.91 bits per heavy atom. The molecule has 0 aliphatic carbocycles. The molecule has 1 rings (SSSR count). The van der Waals surface area contributed by atoms with E-state index in [4.69, 9.17) is 13.3 Å². The summed E-state index contributed by atoms with van der Waals surface area (Å²) in [6.45, 7) is 4.75. The molecule has 0 aromatic carbocycles. The maximum Gasteiger partial charge on any atom is 0.677 e. The maximum atomic E-state index is 9.46. The predicted octanol–water partition coefficient (Wildman–Crippen LogP) is 0.276. The topological polar surface area (TPSA) is 47.9 Å². The molecule has 1 aliphatic rings. The van der Waals surface area contributed by atoms with Gasteiger partial charge in [0.1, 0.15) is 0 Å². The van der Waals surface area contributed by atoms with E-state index in [-0.39, 0.29) is 6.10 Å². The first-order valence-corrected chi connectivity index (χ1v) is 5.51. The smallest absolute Gasteiger partial charge is 0.367 e. The van der Waals surface area contributed by atoms with E-state index >= 15 is 0 Å². The zero-order chi connectivity index (χ0) is 8.32. The van der Waals surface area contributed by atoms with Gasteiger partial charge in [0.25, 0.3) is 0 Å². The van der Waals surface area contributed by atoms with E-state index in [2.05, 4.69) is 0 Å². The summed E-state index contributed by atoms with van der Waals surface area (Å²) in [6.07, 6.45) is 0.819. The highest BCUT2D eigenvalue weighted by molar-refractivity contribution is 6.52. The third kappa shape index (κ3) is 2.53. The summed E-state index contributed by atoms with van der Waals surface area (Å²) in [5.41, 5.74) is 0. The molecule has 2 unspecified atom stereocenters. The zero-order valence-corrected chi connectivity index (χ0v) is 7.87. The van der Waals surface area contributed by atoms with Crippen LogP contribution in [0.25, 0.3) is 0 Å². The van der Waals surface area contributed by atoms with Crippen LogP contribution in [0, 0.1) is 0 Å². The van der Waals surface area contributed by atoms with Crippen molar-refractivity contribution in [3.63, 3.8) is 0 Å². The first kappa shape index (κ1) is 9.15. The van der Waals surface area contributed by atoms with Gasteiger partial charge in [-0.1, -0.05) is 6.92 Å². The Balaban J connectivity index is 2.29. The lowest BCUT2D eigenvalue weighted by Crippen LogP contribution is -2.41. The molecular formula is C6H14O4Si. The minimum Gasteiger partial charge on any atom is -0.367 e. The van der Waals surface area contributed by atoms with Gasteiger partial charge in [-0.15, -0.1) is 0 Å². The number of rotatable bonds is 3. The average molecular weight is 178 g/mol. The second kappa shape index (κ2) is 3.64. The van der Waals surface area contributed by atoms with Crippen molar-refractivity contribution in [3.05, 3.63) is 0 Å². The second-order valence-corrected chi connectivity index (χ2v) is 4.47. The van der Waals surface area contributed by atoms with Gasteiger partial charge in [-0.2, -0.15) is 0 Å². The van der Waals surface area contributed by atoms with Gasteiger partial charge in [0, 0.05) is 6.61 Å². The van der Waals surface area contributed by atoms with Crippen LogP contribution in [0.4, 0.5) is 0 Å². The van der Waals surface area contributed by atoms with Crippen molar-refractivity contribution in [1.82, 2.24) is 0 Å². The molecule has 11 heavy (non-hydrogen) atoms. The Morgan fingerprint density at radius 2 is 2.45 bits per heavy atom. The van der Waals surface area contributed by atoms with E-state index < -0.39 is 9.05 Å². The Bertz CT molecular complexity index is 132. The fourth-order valence-electron chi connectivity index (χ4n) is 0.852. The molecule has 2 atom stereocenters. The highest BCUT2D eigenvalue weighted by Gasteiger charge is 2.48. The van der Waals surface area contributed by atoms with Crippen molar-refractivity contribution in [1.29, 1.82) is 0 Å². The van der Waals surface area contributed by atoms with Gasteiger partial charge in [0.15, 0.2) is 0 Å². The largest absolute Gasteiger partial charge is 0.677 e. The van der Waals surface area contributed by atoms with Crippen molar-refractivity contribution in [2.75, 3.05) is 13.2 Å². The van der Waals surface area contributed by atoms with Gasteiger partial charge in [0.05, 0.1) is 12.7 Å². The normalized spacial score (nSPS) is 37.9. The van der Waals surface area contributed by atoms with E-state index in [9.17, 15) is 4.80 Å². The van der Waals surface area contributed by atoms with Gasteiger partial charge in [-0.05, 0) is 13.3 Å². The fraction of sp³-hybridized carbons (Fsp3) is 1.00. The Kier molecular flexibility index (Phi) is 3.03. The molecule has 1 N–H and O–H groups in total. The SMILES string of the molecule is CCCO[Si]1(O)OCC(C)O1. The lowest BCUT2D eigenvalue weighted by molar-refractivity contribution is 0.0516. The Morgan fingerprint density at radius 1 is 1.73 bits per heavy atom. The van der Waals surface area contributed by atoms with Crippen molar-refractivity contribution in [2.24, 2.45) is 0 Å². The van der Waals surface area contributed by atoms with E-state index in [1.807, 2.05) is 13.8 Å². The molecule has 1 saturated heterocycles. The van der Waals surface area contributed by atoms with Gasteiger partial charge < -0.3 is 18.1 Å². The number of hydrogen-bond donors (Lipinski definition) is 1. The molecule has 1 fully saturated rings. The maximum absolute atomic E-state index is 9.46. The lowest BCUT2D eigenvalue weighted by atomic mass is 10.5. The quantitative estimate of drug-likeness (QED) is 0.630.